The van der Waals surface area contributed by atoms with Crippen molar-refractivity contribution in [1.29, 1.82) is 5.26 Å². The van der Waals surface area contributed by atoms with Gasteiger partial charge in [0.15, 0.2) is 0 Å². The molecule has 10 rings (SSSR count). The summed E-state index contributed by atoms with van der Waals surface area (Å²) in [6.07, 6.45) is -1.80. The number of hydrogen-bond acceptors (Lipinski definition) is 1. The van der Waals surface area contributed by atoms with E-state index in [-0.39, 0.29) is 16.8 Å². The van der Waals surface area contributed by atoms with Gasteiger partial charge in [0.05, 0.1) is 35.3 Å². The van der Waals surface area contributed by atoms with Crippen LogP contribution in [0, 0.1) is 17.9 Å². The van der Waals surface area contributed by atoms with E-state index < -0.39 is 47.1 Å². The van der Waals surface area contributed by atoms with Crippen LogP contribution in [0.15, 0.2) is 146 Å². The normalized spacial score (nSPS) is 15.7. The molecule has 0 spiro atoms. The SMILES string of the molecule is [C-]#[N+]c1c(B2c3ccccc3C(C)(C)c3ccccc32)c2c(c(C#N)c1-n1c3ccc(-c4ccccc4)cc3c3cc(-c4ccccc4)ccc31)C(F)(F)CC2(F)F. The summed E-state index contributed by atoms with van der Waals surface area (Å²) in [6.45, 7) is 11.9. The number of halogens is 4. The Labute approximate surface area is 333 Å². The highest BCUT2D eigenvalue weighted by Gasteiger charge is 2.60. The van der Waals surface area contributed by atoms with Gasteiger partial charge < -0.3 is 4.57 Å². The standard InChI is InChI=1S/C50H32BF4N3/c1-48(2)37-18-10-12-20-39(37)51(40-21-13-11-19-38(40)48)45-44-43(49(52,53)29-50(44,54)55)36(28-56)47(46(45)57-3)58-41-24-22-32(30-14-6-4-7-15-30)26-34(41)35-27-33(23-25-42(35)58)31-16-8-5-9-17-31/h4-27H,29H2,1-2H3. The van der Waals surface area contributed by atoms with Crippen molar-refractivity contribution < 1.29 is 17.6 Å². The van der Waals surface area contributed by atoms with Gasteiger partial charge in [0.25, 0.3) is 11.8 Å². The van der Waals surface area contributed by atoms with Crippen molar-refractivity contribution in [3.63, 3.8) is 0 Å². The molecule has 3 nitrogen and oxygen atoms in total. The topological polar surface area (TPSA) is 33.1 Å². The number of alkyl halides is 4. The molecular formula is C50H32BF4N3. The Morgan fingerprint density at radius 1 is 0.621 bits per heavy atom. The molecule has 0 bridgehead atoms. The average molecular weight is 762 g/mol. The van der Waals surface area contributed by atoms with Crippen molar-refractivity contribution in [2.75, 3.05) is 0 Å². The summed E-state index contributed by atoms with van der Waals surface area (Å²) in [5.74, 6) is -8.11. The molecule has 278 valence electrons. The molecule has 0 N–H and O–H groups in total. The first-order valence-electron chi connectivity index (χ1n) is 19.1. The van der Waals surface area contributed by atoms with E-state index in [1.807, 2.05) is 152 Å². The molecule has 2 heterocycles. The van der Waals surface area contributed by atoms with Crippen LogP contribution in [0.2, 0.25) is 0 Å². The van der Waals surface area contributed by atoms with E-state index in [1.54, 1.807) is 4.57 Å². The minimum absolute atomic E-state index is 0.122. The highest BCUT2D eigenvalue weighted by molar-refractivity contribution is 6.97. The van der Waals surface area contributed by atoms with Crippen molar-refractivity contribution in [1.82, 2.24) is 4.57 Å². The van der Waals surface area contributed by atoms with Crippen LogP contribution in [0.5, 0.6) is 0 Å². The third kappa shape index (κ3) is 4.98. The molecule has 8 heteroatoms. The highest BCUT2D eigenvalue weighted by atomic mass is 19.3. The van der Waals surface area contributed by atoms with Crippen LogP contribution in [-0.4, -0.2) is 11.3 Å². The van der Waals surface area contributed by atoms with E-state index >= 15 is 17.6 Å². The molecule has 1 aliphatic carbocycles. The molecule has 0 atom stereocenters. The Morgan fingerprint density at radius 2 is 1.09 bits per heavy atom. The number of rotatable bonds is 4. The fraction of sp³-hybridized carbons (Fsp3) is 0.120. The predicted octanol–water partition coefficient (Wildman–Crippen LogP) is 11.3. The minimum atomic E-state index is -4.07. The van der Waals surface area contributed by atoms with Gasteiger partial charge in [-0.2, -0.15) is 5.26 Å². The van der Waals surface area contributed by atoms with Gasteiger partial charge in [-0.15, -0.1) is 0 Å². The van der Waals surface area contributed by atoms with Gasteiger partial charge in [-0.1, -0.05) is 152 Å². The first kappa shape index (κ1) is 35.5. The van der Waals surface area contributed by atoms with E-state index in [2.05, 4.69) is 18.7 Å². The molecule has 0 unspecified atom stereocenters. The lowest BCUT2D eigenvalue weighted by molar-refractivity contribution is -0.0922. The molecule has 2 aliphatic rings. The minimum Gasteiger partial charge on any atom is -0.318 e. The van der Waals surface area contributed by atoms with Gasteiger partial charge in [0.2, 0.25) is 12.4 Å². The van der Waals surface area contributed by atoms with Crippen LogP contribution in [-0.2, 0) is 17.3 Å². The van der Waals surface area contributed by atoms with Gasteiger partial charge in [0, 0.05) is 27.3 Å². The zero-order valence-corrected chi connectivity index (χ0v) is 31.5. The summed E-state index contributed by atoms with van der Waals surface area (Å²) in [4.78, 5) is 4.03. The second-order valence-corrected chi connectivity index (χ2v) is 15.8. The predicted molar refractivity (Wildman–Crippen MR) is 225 cm³/mol. The first-order chi connectivity index (χ1) is 28.0. The lowest BCUT2D eigenvalue weighted by atomic mass is 9.30. The van der Waals surface area contributed by atoms with Crippen LogP contribution < -0.4 is 16.4 Å². The number of nitrogens with zero attached hydrogens (tertiary/aromatic N) is 3. The van der Waals surface area contributed by atoms with E-state index in [9.17, 15) is 5.26 Å². The Bertz CT molecular complexity index is 2950. The lowest BCUT2D eigenvalue weighted by Gasteiger charge is -2.40. The van der Waals surface area contributed by atoms with Gasteiger partial charge in [-0.25, -0.2) is 22.4 Å². The quantitative estimate of drug-likeness (QED) is 0.0999. The molecule has 0 radical (unpaired) electrons. The maximum Gasteiger partial charge on any atom is 0.281 e. The lowest BCUT2D eigenvalue weighted by Crippen LogP contribution is -2.61. The third-order valence-electron chi connectivity index (χ3n) is 12.3. The van der Waals surface area contributed by atoms with Crippen molar-refractivity contribution in [3.05, 3.63) is 185 Å². The number of nitriles is 1. The van der Waals surface area contributed by atoms with Crippen molar-refractivity contribution >= 4 is 50.6 Å². The number of benzene rings is 7. The maximum atomic E-state index is 16.7. The number of hydrogen-bond donors (Lipinski definition) is 0. The Hall–Kier alpha value is -6.90. The van der Waals surface area contributed by atoms with Crippen LogP contribution in [0.3, 0.4) is 0 Å². The molecule has 8 aromatic rings. The molecule has 0 amide bonds. The van der Waals surface area contributed by atoms with Gasteiger partial charge in [0.1, 0.15) is 6.07 Å². The van der Waals surface area contributed by atoms with E-state index in [4.69, 9.17) is 6.57 Å². The average Bonchev–Trinajstić information content (AvgIpc) is 3.66. The Kier molecular flexibility index (Phi) is 7.69. The molecule has 1 aromatic heterocycles. The molecule has 1 aliphatic heterocycles. The molecular weight excluding hydrogens is 729 g/mol. The maximum absolute atomic E-state index is 16.7. The van der Waals surface area contributed by atoms with Crippen LogP contribution in [0.25, 0.3) is 54.6 Å². The smallest absolute Gasteiger partial charge is 0.281 e. The first-order valence-corrected chi connectivity index (χ1v) is 19.1. The van der Waals surface area contributed by atoms with Crippen LogP contribution in [0.4, 0.5) is 23.2 Å². The van der Waals surface area contributed by atoms with Crippen molar-refractivity contribution in [3.8, 4) is 34.0 Å². The number of fused-ring (bicyclic) bond motifs is 6. The van der Waals surface area contributed by atoms with Crippen LogP contribution >= 0.6 is 0 Å². The summed E-state index contributed by atoms with van der Waals surface area (Å²) in [5.41, 5.74) is 4.16. The van der Waals surface area contributed by atoms with E-state index in [0.29, 0.717) is 22.0 Å². The van der Waals surface area contributed by atoms with Gasteiger partial charge in [-0.3, -0.25) is 0 Å². The second kappa shape index (κ2) is 12.6. The summed E-state index contributed by atoms with van der Waals surface area (Å²) < 4.78 is 68.2. The summed E-state index contributed by atoms with van der Waals surface area (Å²) in [5, 5.41) is 12.5. The molecule has 58 heavy (non-hydrogen) atoms. The number of aromatic nitrogens is 1. The Balaban J connectivity index is 1.39. The van der Waals surface area contributed by atoms with Crippen molar-refractivity contribution in [2.24, 2.45) is 0 Å². The molecule has 0 saturated carbocycles. The summed E-state index contributed by atoms with van der Waals surface area (Å²) >= 11 is 0. The third-order valence-corrected chi connectivity index (χ3v) is 12.3. The monoisotopic (exact) mass is 761 g/mol. The van der Waals surface area contributed by atoms with E-state index in [0.717, 1.165) is 44.2 Å². The fourth-order valence-corrected chi connectivity index (χ4v) is 9.81. The summed E-state index contributed by atoms with van der Waals surface area (Å²) in [7, 11) is 0. The van der Waals surface area contributed by atoms with E-state index in [1.165, 1.54) is 0 Å². The van der Waals surface area contributed by atoms with Gasteiger partial charge >= 0.3 is 0 Å². The zero-order chi connectivity index (χ0) is 40.1. The fourth-order valence-electron chi connectivity index (χ4n) is 9.81. The molecule has 0 saturated heterocycles. The summed E-state index contributed by atoms with van der Waals surface area (Å²) in [6, 6.07) is 48.2. The largest absolute Gasteiger partial charge is 0.318 e. The van der Waals surface area contributed by atoms with Gasteiger partial charge in [-0.05, 0) is 57.6 Å². The zero-order valence-electron chi connectivity index (χ0n) is 31.5. The Morgan fingerprint density at radius 3 is 1.57 bits per heavy atom. The van der Waals surface area contributed by atoms with Crippen LogP contribution in [0.1, 0.15) is 48.1 Å². The molecule has 7 aromatic carbocycles. The molecule has 0 fully saturated rings. The van der Waals surface area contributed by atoms with Crippen molar-refractivity contribution in [2.45, 2.75) is 37.5 Å². The highest BCUT2D eigenvalue weighted by Crippen LogP contribution is 2.57. The second-order valence-electron chi connectivity index (χ2n) is 15.8.